The molecule has 2 heterocycles. The van der Waals surface area contributed by atoms with Crippen LogP contribution in [0.1, 0.15) is 21.5 Å². The van der Waals surface area contributed by atoms with Crippen molar-refractivity contribution in [2.24, 2.45) is 0 Å². The van der Waals surface area contributed by atoms with E-state index in [-0.39, 0.29) is 5.91 Å². The maximum absolute atomic E-state index is 12.9. The molecule has 4 rings (SSSR count). The van der Waals surface area contributed by atoms with E-state index >= 15 is 0 Å². The Morgan fingerprint density at radius 3 is 2.39 bits per heavy atom. The largest absolute Gasteiger partial charge is 0.497 e. The molecule has 0 N–H and O–H groups in total. The van der Waals surface area contributed by atoms with Gasteiger partial charge in [0.2, 0.25) is 0 Å². The van der Waals surface area contributed by atoms with Crippen molar-refractivity contribution in [3.05, 3.63) is 77.9 Å². The molecule has 162 valence electrons. The average molecular weight is 421 g/mol. The molecule has 1 aromatic heterocycles. The molecular weight excluding hydrogens is 392 g/mol. The van der Waals surface area contributed by atoms with E-state index < -0.39 is 0 Å². The molecule has 0 saturated carbocycles. The van der Waals surface area contributed by atoms with Crippen LogP contribution in [0.15, 0.2) is 61.2 Å². The summed E-state index contributed by atoms with van der Waals surface area (Å²) >= 11 is 0. The van der Waals surface area contributed by atoms with Gasteiger partial charge in [-0.3, -0.25) is 9.69 Å². The summed E-state index contributed by atoms with van der Waals surface area (Å²) in [6.45, 7) is 4.59. The lowest BCUT2D eigenvalue weighted by Crippen LogP contribution is -2.48. The third kappa shape index (κ3) is 5.06. The fraction of sp³-hybridized carbons (Fsp3) is 0.333. The second-order valence-electron chi connectivity index (χ2n) is 7.68. The van der Waals surface area contributed by atoms with Gasteiger partial charge in [0, 0.05) is 62.8 Å². The van der Waals surface area contributed by atoms with Crippen molar-refractivity contribution >= 4 is 5.91 Å². The molecule has 2 aromatic carbocycles. The highest BCUT2D eigenvalue weighted by Crippen LogP contribution is 2.25. The SMILES string of the molecule is COc1ccc(OC)c(CN2CCN(C(=O)c3ccc(Cn4ccnc4)cc3)CC2)c1. The molecular formula is C24H28N4O3. The van der Waals surface area contributed by atoms with Crippen LogP contribution in [0.4, 0.5) is 0 Å². The summed E-state index contributed by atoms with van der Waals surface area (Å²) in [7, 11) is 3.35. The molecule has 7 nitrogen and oxygen atoms in total. The van der Waals surface area contributed by atoms with Gasteiger partial charge in [0.25, 0.3) is 5.91 Å². The number of aromatic nitrogens is 2. The van der Waals surface area contributed by atoms with Gasteiger partial charge in [0.1, 0.15) is 11.5 Å². The van der Waals surface area contributed by atoms with Gasteiger partial charge < -0.3 is 18.9 Å². The van der Waals surface area contributed by atoms with Crippen molar-refractivity contribution in [2.75, 3.05) is 40.4 Å². The molecule has 0 unspecified atom stereocenters. The summed E-state index contributed by atoms with van der Waals surface area (Å²) < 4.78 is 12.8. The minimum absolute atomic E-state index is 0.0905. The quantitative estimate of drug-likeness (QED) is 0.588. The first-order chi connectivity index (χ1) is 15.2. The normalized spacial score (nSPS) is 14.5. The van der Waals surface area contributed by atoms with Crippen LogP contribution in [0.5, 0.6) is 11.5 Å². The van der Waals surface area contributed by atoms with Gasteiger partial charge in [0.15, 0.2) is 0 Å². The Morgan fingerprint density at radius 1 is 0.968 bits per heavy atom. The number of rotatable bonds is 7. The number of imidazole rings is 1. The Morgan fingerprint density at radius 2 is 1.74 bits per heavy atom. The molecule has 0 atom stereocenters. The molecule has 1 aliphatic heterocycles. The van der Waals surface area contributed by atoms with E-state index in [1.165, 1.54) is 0 Å². The lowest BCUT2D eigenvalue weighted by atomic mass is 10.1. The third-order valence-corrected chi connectivity index (χ3v) is 5.67. The second-order valence-corrected chi connectivity index (χ2v) is 7.68. The number of ether oxygens (including phenoxy) is 2. The van der Waals surface area contributed by atoms with Crippen LogP contribution in [0.25, 0.3) is 0 Å². The highest BCUT2D eigenvalue weighted by atomic mass is 16.5. The van der Waals surface area contributed by atoms with E-state index in [0.29, 0.717) is 13.1 Å². The topological polar surface area (TPSA) is 59.8 Å². The fourth-order valence-corrected chi connectivity index (χ4v) is 3.88. The number of piperazine rings is 1. The molecule has 0 spiro atoms. The summed E-state index contributed by atoms with van der Waals surface area (Å²) in [5, 5.41) is 0. The second kappa shape index (κ2) is 9.66. The lowest BCUT2D eigenvalue weighted by molar-refractivity contribution is 0.0627. The van der Waals surface area contributed by atoms with Gasteiger partial charge in [-0.1, -0.05) is 12.1 Å². The first-order valence-electron chi connectivity index (χ1n) is 10.4. The van der Waals surface area contributed by atoms with E-state index in [2.05, 4.69) is 9.88 Å². The number of hydrogen-bond acceptors (Lipinski definition) is 5. The van der Waals surface area contributed by atoms with Crippen molar-refractivity contribution in [1.29, 1.82) is 0 Å². The first kappa shape index (κ1) is 20.9. The predicted molar refractivity (Wildman–Crippen MR) is 118 cm³/mol. The average Bonchev–Trinajstić information content (AvgIpc) is 3.32. The van der Waals surface area contributed by atoms with Crippen molar-refractivity contribution in [3.63, 3.8) is 0 Å². The molecule has 0 bridgehead atoms. The summed E-state index contributed by atoms with van der Waals surface area (Å²) in [6.07, 6.45) is 5.49. The molecule has 1 amide bonds. The molecule has 3 aromatic rings. The minimum Gasteiger partial charge on any atom is -0.497 e. The highest BCUT2D eigenvalue weighted by Gasteiger charge is 2.23. The summed E-state index contributed by atoms with van der Waals surface area (Å²) in [5.41, 5.74) is 2.97. The number of benzene rings is 2. The number of hydrogen-bond donors (Lipinski definition) is 0. The van der Waals surface area contributed by atoms with Gasteiger partial charge in [0.05, 0.1) is 20.5 Å². The zero-order valence-electron chi connectivity index (χ0n) is 18.0. The molecule has 31 heavy (non-hydrogen) atoms. The smallest absolute Gasteiger partial charge is 0.253 e. The zero-order chi connectivity index (χ0) is 21.6. The van der Waals surface area contributed by atoms with E-state index in [4.69, 9.17) is 9.47 Å². The van der Waals surface area contributed by atoms with Crippen LogP contribution in [-0.4, -0.2) is 65.7 Å². The first-order valence-corrected chi connectivity index (χ1v) is 10.4. The van der Waals surface area contributed by atoms with Gasteiger partial charge >= 0.3 is 0 Å². The third-order valence-electron chi connectivity index (χ3n) is 5.67. The molecule has 1 aliphatic rings. The fourth-order valence-electron chi connectivity index (χ4n) is 3.88. The number of nitrogens with zero attached hydrogens (tertiary/aromatic N) is 4. The van der Waals surface area contributed by atoms with Gasteiger partial charge in [-0.25, -0.2) is 4.98 Å². The molecule has 1 saturated heterocycles. The minimum atomic E-state index is 0.0905. The molecule has 7 heteroatoms. The molecule has 0 aliphatic carbocycles. The van der Waals surface area contributed by atoms with Gasteiger partial charge in [-0.15, -0.1) is 0 Å². The molecule has 0 radical (unpaired) electrons. The monoisotopic (exact) mass is 420 g/mol. The summed E-state index contributed by atoms with van der Waals surface area (Å²) in [6, 6.07) is 13.7. The van der Waals surface area contributed by atoms with E-state index in [0.717, 1.165) is 54.4 Å². The summed E-state index contributed by atoms with van der Waals surface area (Å²) in [5.74, 6) is 1.77. The van der Waals surface area contributed by atoms with Crippen LogP contribution in [0.2, 0.25) is 0 Å². The maximum Gasteiger partial charge on any atom is 0.253 e. The van der Waals surface area contributed by atoms with Crippen LogP contribution < -0.4 is 9.47 Å². The Bertz CT molecular complexity index is 994. The number of amides is 1. The van der Waals surface area contributed by atoms with E-state index in [1.54, 1.807) is 26.7 Å². The van der Waals surface area contributed by atoms with E-state index in [1.807, 2.05) is 58.1 Å². The van der Waals surface area contributed by atoms with Gasteiger partial charge in [-0.05, 0) is 35.9 Å². The zero-order valence-corrected chi connectivity index (χ0v) is 18.0. The van der Waals surface area contributed by atoms with Crippen LogP contribution in [0, 0.1) is 0 Å². The van der Waals surface area contributed by atoms with Crippen LogP contribution >= 0.6 is 0 Å². The van der Waals surface area contributed by atoms with Crippen molar-refractivity contribution < 1.29 is 14.3 Å². The predicted octanol–water partition coefficient (Wildman–Crippen LogP) is 2.91. The highest BCUT2D eigenvalue weighted by molar-refractivity contribution is 5.94. The Balaban J connectivity index is 1.33. The maximum atomic E-state index is 12.9. The Labute approximate surface area is 182 Å². The van der Waals surface area contributed by atoms with Crippen molar-refractivity contribution in [1.82, 2.24) is 19.4 Å². The number of methoxy groups -OCH3 is 2. The van der Waals surface area contributed by atoms with Crippen LogP contribution in [-0.2, 0) is 13.1 Å². The van der Waals surface area contributed by atoms with Crippen molar-refractivity contribution in [2.45, 2.75) is 13.1 Å². The van der Waals surface area contributed by atoms with Gasteiger partial charge in [-0.2, -0.15) is 0 Å². The molecule has 1 fully saturated rings. The van der Waals surface area contributed by atoms with Crippen molar-refractivity contribution in [3.8, 4) is 11.5 Å². The Kier molecular flexibility index (Phi) is 6.52. The van der Waals surface area contributed by atoms with E-state index in [9.17, 15) is 4.79 Å². The Hall–Kier alpha value is -3.32. The number of carbonyl (C=O) groups excluding carboxylic acids is 1. The van der Waals surface area contributed by atoms with Crippen LogP contribution in [0.3, 0.4) is 0 Å². The summed E-state index contributed by atoms with van der Waals surface area (Å²) in [4.78, 5) is 21.3. The lowest BCUT2D eigenvalue weighted by Gasteiger charge is -2.35. The number of carbonyl (C=O) groups is 1. The standard InChI is InChI=1S/C24H28N4O3/c1-30-22-7-8-23(31-2)21(15-22)17-26-11-13-28(14-12-26)24(29)20-5-3-19(4-6-20)16-27-10-9-25-18-27/h3-10,15,18H,11-14,16-17H2,1-2H3.